The molecule has 12 nitrogen and oxygen atoms in total. The van der Waals surface area contributed by atoms with Crippen molar-refractivity contribution in [2.75, 3.05) is 95.0 Å². The molecule has 5 aromatic rings. The molecule has 2 amide bonds. The fourth-order valence-corrected chi connectivity index (χ4v) is 7.96. The second kappa shape index (κ2) is 19.2. The van der Waals surface area contributed by atoms with E-state index in [0.717, 1.165) is 61.5 Å². The molecule has 2 fully saturated rings. The van der Waals surface area contributed by atoms with Crippen LogP contribution in [-0.4, -0.2) is 126 Å². The number of hydrogen-bond donors (Lipinski definition) is 0. The van der Waals surface area contributed by atoms with Crippen molar-refractivity contribution in [2.24, 2.45) is 0 Å². The molecule has 0 aromatic heterocycles. The third kappa shape index (κ3) is 9.30. The molecule has 2 aliphatic rings. The highest BCUT2D eigenvalue weighted by Gasteiger charge is 2.25. The first kappa shape index (κ1) is 41.9. The molecule has 0 unspecified atom stereocenters. The van der Waals surface area contributed by atoms with E-state index in [4.69, 9.17) is 28.4 Å². The maximum atomic E-state index is 13.4. The minimum atomic E-state index is 0.0448. The monoisotopic (exact) mass is 814 g/mol. The molecule has 0 aliphatic carbocycles. The Labute approximate surface area is 352 Å². The fraction of sp³-hybridized carbons (Fsp3) is 0.333. The lowest BCUT2D eigenvalue weighted by molar-refractivity contribution is 0.0620. The average molecular weight is 815 g/mol. The molecule has 7 rings (SSSR count). The number of hydrogen-bond acceptors (Lipinski definition) is 10. The van der Waals surface area contributed by atoms with Crippen LogP contribution in [-0.2, 0) is 13.1 Å². The lowest BCUT2D eigenvalue weighted by atomic mass is 10.0. The van der Waals surface area contributed by atoms with E-state index in [-0.39, 0.29) is 11.8 Å². The van der Waals surface area contributed by atoms with Crippen molar-refractivity contribution in [3.8, 4) is 56.8 Å². The lowest BCUT2D eigenvalue weighted by Gasteiger charge is -2.35. The molecular weight excluding hydrogens is 761 g/mol. The molecule has 0 saturated carbocycles. The van der Waals surface area contributed by atoms with Crippen LogP contribution in [0.25, 0.3) is 22.3 Å². The Hall–Kier alpha value is -6.24. The van der Waals surface area contributed by atoms with Gasteiger partial charge in [-0.15, -0.1) is 0 Å². The molecule has 0 N–H and O–H groups in total. The number of rotatable bonds is 14. The van der Waals surface area contributed by atoms with Crippen molar-refractivity contribution in [1.29, 1.82) is 0 Å². The first-order valence-electron chi connectivity index (χ1n) is 20.2. The molecule has 314 valence electrons. The van der Waals surface area contributed by atoms with Crippen LogP contribution in [0.3, 0.4) is 0 Å². The molecule has 60 heavy (non-hydrogen) atoms. The van der Waals surface area contributed by atoms with E-state index in [9.17, 15) is 9.59 Å². The second-order valence-corrected chi connectivity index (χ2v) is 14.9. The van der Waals surface area contributed by atoms with Crippen LogP contribution in [0, 0.1) is 0 Å². The van der Waals surface area contributed by atoms with Gasteiger partial charge in [0.15, 0.2) is 23.0 Å². The Morgan fingerprint density at radius 3 is 0.967 bits per heavy atom. The van der Waals surface area contributed by atoms with Gasteiger partial charge in [0.05, 0.1) is 42.7 Å². The fourth-order valence-electron chi connectivity index (χ4n) is 7.96. The van der Waals surface area contributed by atoms with E-state index in [1.54, 1.807) is 42.7 Å². The summed E-state index contributed by atoms with van der Waals surface area (Å²) in [6.45, 7) is 7.68. The number of amides is 2. The lowest BCUT2D eigenvalue weighted by Crippen LogP contribution is -2.48. The first-order valence-corrected chi connectivity index (χ1v) is 20.2. The molecule has 2 heterocycles. The molecule has 0 atom stereocenters. The van der Waals surface area contributed by atoms with Gasteiger partial charge in [-0.05, 0) is 81.9 Å². The Bertz CT molecular complexity index is 2040. The SMILES string of the molecule is COc1cc(-c2ccc(C(=O)N3CCN(Cc4ccc(CN5CCN(C(=O)c6ccc(-c7cc(OC)c(OC)c(OC)c7)cc6)CC5)cc4)CC3)cc2)cc(OC)c1OC. The molecule has 12 heteroatoms. The number of carbonyl (C=O) groups is 2. The summed E-state index contributed by atoms with van der Waals surface area (Å²) in [6, 6.07) is 31.8. The quantitative estimate of drug-likeness (QED) is 0.117. The molecule has 0 spiro atoms. The average Bonchev–Trinajstić information content (AvgIpc) is 3.31. The largest absolute Gasteiger partial charge is 0.493 e. The van der Waals surface area contributed by atoms with Gasteiger partial charge in [-0.1, -0.05) is 48.5 Å². The van der Waals surface area contributed by atoms with E-state index >= 15 is 0 Å². The molecular formula is C48H54N4O8. The molecule has 0 radical (unpaired) electrons. The van der Waals surface area contributed by atoms with E-state index in [1.807, 2.05) is 82.6 Å². The zero-order valence-corrected chi connectivity index (χ0v) is 35.4. The minimum Gasteiger partial charge on any atom is -0.493 e. The normalized spacial score (nSPS) is 14.7. The number of piperazine rings is 2. The molecule has 2 aliphatic heterocycles. The maximum absolute atomic E-state index is 13.4. The first-order chi connectivity index (χ1) is 29.2. The van der Waals surface area contributed by atoms with E-state index < -0.39 is 0 Å². The Balaban J connectivity index is 0.852. The predicted octanol–water partition coefficient (Wildman–Crippen LogP) is 6.99. The van der Waals surface area contributed by atoms with E-state index in [1.165, 1.54) is 11.1 Å². The smallest absolute Gasteiger partial charge is 0.253 e. The summed E-state index contributed by atoms with van der Waals surface area (Å²) >= 11 is 0. The van der Waals surface area contributed by atoms with Gasteiger partial charge in [0.25, 0.3) is 11.8 Å². The van der Waals surface area contributed by atoms with E-state index in [0.29, 0.717) is 71.8 Å². The summed E-state index contributed by atoms with van der Waals surface area (Å²) in [5.74, 6) is 3.49. The van der Waals surface area contributed by atoms with Crippen LogP contribution in [0.15, 0.2) is 97.1 Å². The van der Waals surface area contributed by atoms with Crippen molar-refractivity contribution in [1.82, 2.24) is 19.6 Å². The van der Waals surface area contributed by atoms with Crippen LogP contribution in [0.1, 0.15) is 31.8 Å². The zero-order chi connectivity index (χ0) is 42.2. The van der Waals surface area contributed by atoms with Gasteiger partial charge in [-0.25, -0.2) is 0 Å². The van der Waals surface area contributed by atoms with Gasteiger partial charge >= 0.3 is 0 Å². The van der Waals surface area contributed by atoms with Crippen molar-refractivity contribution in [3.05, 3.63) is 119 Å². The van der Waals surface area contributed by atoms with Crippen LogP contribution >= 0.6 is 0 Å². The summed E-state index contributed by atoms with van der Waals surface area (Å²) in [7, 11) is 9.55. The van der Waals surface area contributed by atoms with Crippen LogP contribution in [0.2, 0.25) is 0 Å². The minimum absolute atomic E-state index is 0.0448. The predicted molar refractivity (Wildman–Crippen MR) is 232 cm³/mol. The highest BCUT2D eigenvalue weighted by molar-refractivity contribution is 5.95. The highest BCUT2D eigenvalue weighted by Crippen LogP contribution is 2.42. The summed E-state index contributed by atoms with van der Waals surface area (Å²) < 4.78 is 33.0. The maximum Gasteiger partial charge on any atom is 0.253 e. The molecule has 0 bridgehead atoms. The van der Waals surface area contributed by atoms with Gasteiger partial charge in [0.1, 0.15) is 0 Å². The number of methoxy groups -OCH3 is 6. The van der Waals surface area contributed by atoms with Gasteiger partial charge < -0.3 is 38.2 Å². The molecule has 2 saturated heterocycles. The second-order valence-electron chi connectivity index (χ2n) is 14.9. The Morgan fingerprint density at radius 1 is 0.400 bits per heavy atom. The summed E-state index contributed by atoms with van der Waals surface area (Å²) in [6.07, 6.45) is 0. The van der Waals surface area contributed by atoms with E-state index in [2.05, 4.69) is 34.1 Å². The zero-order valence-electron chi connectivity index (χ0n) is 35.4. The van der Waals surface area contributed by atoms with Gasteiger partial charge in [0.2, 0.25) is 11.5 Å². The van der Waals surface area contributed by atoms with Crippen molar-refractivity contribution < 1.29 is 38.0 Å². The van der Waals surface area contributed by atoms with Gasteiger partial charge in [0, 0.05) is 76.6 Å². The van der Waals surface area contributed by atoms with Crippen molar-refractivity contribution >= 4 is 11.8 Å². The number of nitrogens with zero attached hydrogens (tertiary/aromatic N) is 4. The van der Waals surface area contributed by atoms with Crippen LogP contribution < -0.4 is 28.4 Å². The van der Waals surface area contributed by atoms with Crippen LogP contribution in [0.4, 0.5) is 0 Å². The number of ether oxygens (including phenoxy) is 6. The third-order valence-electron chi connectivity index (χ3n) is 11.4. The number of benzene rings is 5. The Morgan fingerprint density at radius 2 is 0.700 bits per heavy atom. The van der Waals surface area contributed by atoms with Gasteiger partial charge in [-0.3, -0.25) is 19.4 Å². The topological polar surface area (TPSA) is 102 Å². The third-order valence-corrected chi connectivity index (χ3v) is 11.4. The summed E-state index contributed by atoms with van der Waals surface area (Å²) in [4.78, 5) is 35.6. The summed E-state index contributed by atoms with van der Waals surface area (Å²) in [5, 5.41) is 0. The Kier molecular flexibility index (Phi) is 13.4. The molecule has 5 aromatic carbocycles. The standard InChI is InChI=1S/C48H54N4O8/c1-55-41-27-39(28-42(56-2)45(41)59-5)35-11-15-37(16-12-35)47(53)51-23-19-49(20-24-51)31-33-7-9-34(10-8-33)32-50-21-25-52(26-22-50)48(54)38-17-13-36(14-18-38)40-29-43(57-3)46(60-6)44(30-40)58-4/h7-18,27-30H,19-26,31-32H2,1-6H3. The van der Waals surface area contributed by atoms with Crippen molar-refractivity contribution in [3.63, 3.8) is 0 Å². The highest BCUT2D eigenvalue weighted by atomic mass is 16.5. The summed E-state index contributed by atoms with van der Waals surface area (Å²) in [5.41, 5.74) is 7.57. The van der Waals surface area contributed by atoms with Crippen molar-refractivity contribution in [2.45, 2.75) is 13.1 Å². The van der Waals surface area contributed by atoms with Gasteiger partial charge in [-0.2, -0.15) is 0 Å². The number of carbonyl (C=O) groups excluding carboxylic acids is 2. The van der Waals surface area contributed by atoms with Crippen LogP contribution in [0.5, 0.6) is 34.5 Å².